The Morgan fingerprint density at radius 2 is 2.28 bits per heavy atom. The van der Waals surface area contributed by atoms with Crippen molar-refractivity contribution in [3.8, 4) is 0 Å². The van der Waals surface area contributed by atoms with Gasteiger partial charge in [-0.05, 0) is 40.5 Å². The van der Waals surface area contributed by atoms with Crippen molar-refractivity contribution in [2.75, 3.05) is 32.1 Å². The Labute approximate surface area is 114 Å². The maximum absolute atomic E-state index is 13.0. The quantitative estimate of drug-likeness (QED) is 0.757. The van der Waals surface area contributed by atoms with Crippen molar-refractivity contribution in [1.29, 1.82) is 0 Å². The van der Waals surface area contributed by atoms with E-state index in [1.54, 1.807) is 13.2 Å². The highest BCUT2D eigenvalue weighted by Gasteiger charge is 2.04. The number of carbonyl (C=O) groups excluding carboxylic acids is 1. The summed E-state index contributed by atoms with van der Waals surface area (Å²) in [6.07, 6.45) is 0.770. The van der Waals surface area contributed by atoms with E-state index in [1.165, 1.54) is 12.1 Å². The summed E-state index contributed by atoms with van der Waals surface area (Å²) in [5, 5.41) is 5.60. The lowest BCUT2D eigenvalue weighted by molar-refractivity contribution is -0.119. The van der Waals surface area contributed by atoms with Crippen LogP contribution in [0.25, 0.3) is 0 Å². The third kappa shape index (κ3) is 5.46. The minimum absolute atomic E-state index is 0.106. The lowest BCUT2D eigenvalue weighted by Crippen LogP contribution is -2.31. The number of methoxy groups -OCH3 is 1. The Hall–Kier alpha value is -1.14. The van der Waals surface area contributed by atoms with Crippen molar-refractivity contribution in [1.82, 2.24) is 5.32 Å². The Morgan fingerprint density at radius 1 is 1.50 bits per heavy atom. The molecule has 0 bridgehead atoms. The molecular weight excluding hydrogens is 303 g/mol. The van der Waals surface area contributed by atoms with Gasteiger partial charge >= 0.3 is 0 Å². The molecule has 2 N–H and O–H groups in total. The molecule has 0 aromatic heterocycles. The van der Waals surface area contributed by atoms with Crippen LogP contribution in [0.5, 0.6) is 0 Å². The maximum atomic E-state index is 13.0. The molecule has 0 aliphatic heterocycles. The Morgan fingerprint density at radius 3 is 3.00 bits per heavy atom. The number of halogens is 2. The third-order valence-electron chi connectivity index (χ3n) is 2.22. The zero-order chi connectivity index (χ0) is 13.4. The van der Waals surface area contributed by atoms with E-state index >= 15 is 0 Å². The number of nitrogens with one attached hydrogen (secondary N) is 2. The molecule has 1 amide bonds. The summed E-state index contributed by atoms with van der Waals surface area (Å²) in [6, 6.07) is 4.27. The largest absolute Gasteiger partial charge is 0.385 e. The normalized spacial score (nSPS) is 10.2. The van der Waals surface area contributed by atoms with Crippen LogP contribution in [0.15, 0.2) is 22.7 Å². The van der Waals surface area contributed by atoms with Crippen molar-refractivity contribution < 1.29 is 13.9 Å². The van der Waals surface area contributed by atoms with Crippen LogP contribution in [0.2, 0.25) is 0 Å². The molecule has 0 saturated heterocycles. The van der Waals surface area contributed by atoms with Gasteiger partial charge in [-0.25, -0.2) is 4.39 Å². The average Bonchev–Trinajstić information content (AvgIpc) is 2.36. The first kappa shape index (κ1) is 14.9. The van der Waals surface area contributed by atoms with Gasteiger partial charge in [0.15, 0.2) is 0 Å². The molecule has 18 heavy (non-hydrogen) atoms. The van der Waals surface area contributed by atoms with Crippen LogP contribution in [-0.2, 0) is 9.53 Å². The van der Waals surface area contributed by atoms with E-state index in [9.17, 15) is 9.18 Å². The first-order valence-corrected chi connectivity index (χ1v) is 6.37. The van der Waals surface area contributed by atoms with Crippen LogP contribution in [0, 0.1) is 5.82 Å². The molecule has 0 unspecified atom stereocenters. The summed E-state index contributed by atoms with van der Waals surface area (Å²) in [7, 11) is 1.62. The van der Waals surface area contributed by atoms with E-state index in [0.717, 1.165) is 10.9 Å². The summed E-state index contributed by atoms with van der Waals surface area (Å²) in [5.74, 6) is -0.483. The molecule has 0 spiro atoms. The van der Waals surface area contributed by atoms with Gasteiger partial charge in [0.2, 0.25) is 5.91 Å². The van der Waals surface area contributed by atoms with Gasteiger partial charge in [0.05, 0.1) is 12.2 Å². The zero-order valence-electron chi connectivity index (χ0n) is 10.1. The van der Waals surface area contributed by atoms with Crippen molar-refractivity contribution >= 4 is 27.5 Å². The summed E-state index contributed by atoms with van der Waals surface area (Å²) in [5.41, 5.74) is 0.557. The summed E-state index contributed by atoms with van der Waals surface area (Å²) in [6.45, 7) is 1.29. The van der Waals surface area contributed by atoms with Gasteiger partial charge in [0.25, 0.3) is 0 Å². The number of amides is 1. The van der Waals surface area contributed by atoms with E-state index in [2.05, 4.69) is 26.6 Å². The van der Waals surface area contributed by atoms with Crippen molar-refractivity contribution in [2.45, 2.75) is 6.42 Å². The van der Waals surface area contributed by atoms with E-state index < -0.39 is 0 Å². The highest BCUT2D eigenvalue weighted by molar-refractivity contribution is 9.10. The molecule has 0 aliphatic carbocycles. The fourth-order valence-electron chi connectivity index (χ4n) is 1.32. The molecule has 1 aromatic carbocycles. The monoisotopic (exact) mass is 318 g/mol. The number of rotatable bonds is 7. The third-order valence-corrected chi connectivity index (χ3v) is 2.91. The van der Waals surface area contributed by atoms with Crippen LogP contribution in [-0.4, -0.2) is 32.7 Å². The fraction of sp³-hybridized carbons (Fsp3) is 0.417. The summed E-state index contributed by atoms with van der Waals surface area (Å²) < 4.78 is 18.6. The van der Waals surface area contributed by atoms with Gasteiger partial charge in [-0.15, -0.1) is 0 Å². The molecule has 1 rings (SSSR count). The van der Waals surface area contributed by atoms with E-state index in [-0.39, 0.29) is 18.3 Å². The van der Waals surface area contributed by atoms with Crippen LogP contribution < -0.4 is 10.6 Å². The lowest BCUT2D eigenvalue weighted by Gasteiger charge is -2.09. The van der Waals surface area contributed by atoms with Crippen LogP contribution in [0.1, 0.15) is 6.42 Å². The molecular formula is C12H16BrFN2O2. The molecule has 4 nitrogen and oxygen atoms in total. The number of anilines is 1. The highest BCUT2D eigenvalue weighted by Crippen LogP contribution is 2.22. The second-order valence-corrected chi connectivity index (χ2v) is 4.53. The average molecular weight is 319 g/mol. The standard InChI is InChI=1S/C12H16BrFN2O2/c1-18-6-2-5-15-12(17)8-16-11-7-9(14)3-4-10(11)13/h3-4,7,16H,2,5-6,8H2,1H3,(H,15,17). The van der Waals surface area contributed by atoms with Gasteiger partial charge in [-0.3, -0.25) is 4.79 Å². The second kappa shape index (κ2) is 8.05. The predicted octanol–water partition coefficient (Wildman–Crippen LogP) is 2.15. The second-order valence-electron chi connectivity index (χ2n) is 3.67. The minimum Gasteiger partial charge on any atom is -0.385 e. The van der Waals surface area contributed by atoms with Gasteiger partial charge in [0, 0.05) is 24.7 Å². The molecule has 0 aliphatic rings. The van der Waals surface area contributed by atoms with Crippen LogP contribution in [0.3, 0.4) is 0 Å². The van der Waals surface area contributed by atoms with Crippen LogP contribution in [0.4, 0.5) is 10.1 Å². The SMILES string of the molecule is COCCCNC(=O)CNc1cc(F)ccc1Br. The number of hydrogen-bond acceptors (Lipinski definition) is 3. The molecule has 1 aromatic rings. The maximum Gasteiger partial charge on any atom is 0.239 e. The van der Waals surface area contributed by atoms with Crippen molar-refractivity contribution in [2.24, 2.45) is 0 Å². The van der Waals surface area contributed by atoms with Crippen LogP contribution >= 0.6 is 15.9 Å². The molecule has 0 saturated carbocycles. The van der Waals surface area contributed by atoms with E-state index in [4.69, 9.17) is 4.74 Å². The predicted molar refractivity (Wildman–Crippen MR) is 72.1 cm³/mol. The number of carbonyl (C=O) groups is 1. The minimum atomic E-state index is -0.346. The molecule has 100 valence electrons. The van der Waals surface area contributed by atoms with Gasteiger partial charge < -0.3 is 15.4 Å². The fourth-order valence-corrected chi connectivity index (χ4v) is 1.70. The molecule has 0 radical (unpaired) electrons. The molecule has 0 fully saturated rings. The summed E-state index contributed by atoms with van der Waals surface area (Å²) >= 11 is 3.28. The van der Waals surface area contributed by atoms with Gasteiger partial charge in [-0.1, -0.05) is 0 Å². The Balaban J connectivity index is 2.31. The number of benzene rings is 1. The van der Waals surface area contributed by atoms with Gasteiger partial charge in [0.1, 0.15) is 5.82 Å². The lowest BCUT2D eigenvalue weighted by atomic mass is 10.3. The van der Waals surface area contributed by atoms with Crippen molar-refractivity contribution in [3.05, 3.63) is 28.5 Å². The number of ether oxygens (including phenoxy) is 1. The zero-order valence-corrected chi connectivity index (χ0v) is 11.7. The van der Waals surface area contributed by atoms with E-state index in [1.807, 2.05) is 0 Å². The highest BCUT2D eigenvalue weighted by atomic mass is 79.9. The number of hydrogen-bond donors (Lipinski definition) is 2. The van der Waals surface area contributed by atoms with Gasteiger partial charge in [-0.2, -0.15) is 0 Å². The smallest absolute Gasteiger partial charge is 0.239 e. The molecule has 6 heteroatoms. The Bertz CT molecular complexity index is 402. The summed E-state index contributed by atoms with van der Waals surface area (Å²) in [4.78, 5) is 11.5. The van der Waals surface area contributed by atoms with Crippen molar-refractivity contribution in [3.63, 3.8) is 0 Å². The van der Waals surface area contributed by atoms with E-state index in [0.29, 0.717) is 18.8 Å². The first-order chi connectivity index (χ1) is 8.63. The molecule has 0 heterocycles. The topological polar surface area (TPSA) is 50.4 Å². The Kier molecular flexibility index (Phi) is 6.67. The first-order valence-electron chi connectivity index (χ1n) is 5.58. The molecule has 0 atom stereocenters.